The van der Waals surface area contributed by atoms with Crippen molar-refractivity contribution >= 4 is 0 Å². The van der Waals surface area contributed by atoms with E-state index in [0.29, 0.717) is 5.88 Å². The van der Waals surface area contributed by atoms with E-state index in [1.165, 1.54) is 0 Å². The minimum absolute atomic E-state index is 0.109. The van der Waals surface area contributed by atoms with Crippen molar-refractivity contribution in [1.82, 2.24) is 20.4 Å². The summed E-state index contributed by atoms with van der Waals surface area (Å²) in [7, 11) is 0. The van der Waals surface area contributed by atoms with Crippen LogP contribution in [0, 0.1) is 0 Å². The van der Waals surface area contributed by atoms with E-state index < -0.39 is 0 Å². The van der Waals surface area contributed by atoms with Crippen LogP contribution in [0.4, 0.5) is 0 Å². The molecule has 0 bridgehead atoms. The Morgan fingerprint density at radius 3 is 2.60 bits per heavy atom. The number of hydrogen-bond acceptors (Lipinski definition) is 4. The van der Waals surface area contributed by atoms with Gasteiger partial charge < -0.3 is 4.74 Å². The summed E-state index contributed by atoms with van der Waals surface area (Å²) in [6, 6.07) is 5.48. The summed E-state index contributed by atoms with van der Waals surface area (Å²) in [6.45, 7) is 3.90. The molecule has 0 spiro atoms. The quantitative estimate of drug-likeness (QED) is 0.825. The Kier molecular flexibility index (Phi) is 2.62. The van der Waals surface area contributed by atoms with Gasteiger partial charge in [0, 0.05) is 12.3 Å². The van der Waals surface area contributed by atoms with Crippen molar-refractivity contribution in [2.24, 2.45) is 0 Å². The number of hydrogen-bond donors (Lipinski definition) is 1. The molecule has 78 valence electrons. The van der Waals surface area contributed by atoms with Gasteiger partial charge >= 0.3 is 0 Å². The molecule has 0 saturated carbocycles. The van der Waals surface area contributed by atoms with Gasteiger partial charge in [-0.05, 0) is 26.0 Å². The van der Waals surface area contributed by atoms with Crippen molar-refractivity contribution in [2.45, 2.75) is 20.0 Å². The average Bonchev–Trinajstić information content (AvgIpc) is 2.71. The van der Waals surface area contributed by atoms with Crippen LogP contribution < -0.4 is 4.74 Å². The average molecular weight is 204 g/mol. The van der Waals surface area contributed by atoms with Crippen LogP contribution in [0.25, 0.3) is 11.4 Å². The number of ether oxygens (including phenoxy) is 1. The van der Waals surface area contributed by atoms with E-state index in [9.17, 15) is 0 Å². The number of aromatic amines is 1. The number of H-pyrrole nitrogens is 1. The lowest BCUT2D eigenvalue weighted by molar-refractivity contribution is 0.230. The van der Waals surface area contributed by atoms with E-state index in [1.54, 1.807) is 12.3 Å². The molecule has 0 saturated heterocycles. The summed E-state index contributed by atoms with van der Waals surface area (Å²) < 4.78 is 5.39. The standard InChI is InChI=1S/C10H12N4O/c1-7(2)15-10-4-3-8(13-14-10)9-5-6-11-12-9/h3-7H,1-2H3,(H,11,12). The molecule has 2 aromatic rings. The molecular weight excluding hydrogens is 192 g/mol. The maximum atomic E-state index is 5.39. The number of rotatable bonds is 3. The van der Waals surface area contributed by atoms with E-state index in [0.717, 1.165) is 11.4 Å². The second-order valence-electron chi connectivity index (χ2n) is 3.39. The number of aromatic nitrogens is 4. The van der Waals surface area contributed by atoms with Gasteiger partial charge in [0.1, 0.15) is 5.69 Å². The summed E-state index contributed by atoms with van der Waals surface area (Å²) in [5.74, 6) is 0.535. The van der Waals surface area contributed by atoms with Gasteiger partial charge in [0.25, 0.3) is 0 Å². The van der Waals surface area contributed by atoms with Crippen LogP contribution in [-0.4, -0.2) is 26.5 Å². The Balaban J connectivity index is 2.17. The third-order valence-electron chi connectivity index (χ3n) is 1.77. The zero-order valence-corrected chi connectivity index (χ0v) is 8.64. The normalized spacial score (nSPS) is 10.6. The summed E-state index contributed by atoms with van der Waals surface area (Å²) in [5, 5.41) is 14.6. The van der Waals surface area contributed by atoms with Crippen molar-refractivity contribution < 1.29 is 4.74 Å². The molecule has 0 unspecified atom stereocenters. The van der Waals surface area contributed by atoms with Crippen molar-refractivity contribution in [1.29, 1.82) is 0 Å². The van der Waals surface area contributed by atoms with E-state index in [2.05, 4.69) is 20.4 Å². The van der Waals surface area contributed by atoms with Crippen LogP contribution >= 0.6 is 0 Å². The summed E-state index contributed by atoms with van der Waals surface area (Å²) in [4.78, 5) is 0. The van der Waals surface area contributed by atoms with Crippen LogP contribution in [0.5, 0.6) is 5.88 Å². The number of nitrogens with one attached hydrogen (secondary N) is 1. The molecule has 0 aliphatic carbocycles. The Labute approximate surface area is 87.5 Å². The van der Waals surface area contributed by atoms with Crippen molar-refractivity contribution in [2.75, 3.05) is 0 Å². The third-order valence-corrected chi connectivity index (χ3v) is 1.77. The molecule has 2 aromatic heterocycles. The van der Waals surface area contributed by atoms with Gasteiger partial charge in [-0.3, -0.25) is 5.10 Å². The molecule has 2 heterocycles. The van der Waals surface area contributed by atoms with Gasteiger partial charge in [0.15, 0.2) is 0 Å². The molecule has 0 radical (unpaired) electrons. The lowest BCUT2D eigenvalue weighted by Gasteiger charge is -2.07. The fourth-order valence-corrected chi connectivity index (χ4v) is 1.17. The van der Waals surface area contributed by atoms with Crippen LogP contribution in [-0.2, 0) is 0 Å². The fraction of sp³-hybridized carbons (Fsp3) is 0.300. The summed E-state index contributed by atoms with van der Waals surface area (Å²) in [5.41, 5.74) is 1.60. The van der Waals surface area contributed by atoms with Crippen molar-refractivity contribution in [3.8, 4) is 17.3 Å². The molecule has 0 atom stereocenters. The van der Waals surface area contributed by atoms with Crippen LogP contribution in [0.15, 0.2) is 24.4 Å². The van der Waals surface area contributed by atoms with Gasteiger partial charge in [0.05, 0.1) is 11.8 Å². The Morgan fingerprint density at radius 1 is 1.20 bits per heavy atom. The molecule has 0 amide bonds. The van der Waals surface area contributed by atoms with Crippen LogP contribution in [0.2, 0.25) is 0 Å². The predicted octanol–water partition coefficient (Wildman–Crippen LogP) is 1.65. The molecule has 15 heavy (non-hydrogen) atoms. The summed E-state index contributed by atoms with van der Waals surface area (Å²) in [6.07, 6.45) is 1.78. The highest BCUT2D eigenvalue weighted by Crippen LogP contribution is 2.14. The topological polar surface area (TPSA) is 63.7 Å². The molecular formula is C10H12N4O. The Hall–Kier alpha value is -1.91. The molecule has 2 rings (SSSR count). The molecule has 5 nitrogen and oxygen atoms in total. The monoisotopic (exact) mass is 204 g/mol. The van der Waals surface area contributed by atoms with E-state index in [1.807, 2.05) is 26.0 Å². The third kappa shape index (κ3) is 2.31. The highest BCUT2D eigenvalue weighted by Gasteiger charge is 2.03. The predicted molar refractivity (Wildman–Crippen MR) is 55.4 cm³/mol. The minimum Gasteiger partial charge on any atom is -0.474 e. The first kappa shape index (κ1) is 9.64. The van der Waals surface area contributed by atoms with Crippen LogP contribution in [0.3, 0.4) is 0 Å². The van der Waals surface area contributed by atoms with Gasteiger partial charge in [-0.1, -0.05) is 0 Å². The Bertz CT molecular complexity index is 407. The molecule has 0 aliphatic rings. The van der Waals surface area contributed by atoms with Crippen LogP contribution in [0.1, 0.15) is 13.8 Å². The second-order valence-corrected chi connectivity index (χ2v) is 3.39. The SMILES string of the molecule is CC(C)Oc1ccc(-c2ccn[nH]2)nn1. The molecule has 0 aromatic carbocycles. The first-order valence-electron chi connectivity index (χ1n) is 4.76. The van der Waals surface area contributed by atoms with Gasteiger partial charge in [-0.2, -0.15) is 5.10 Å². The van der Waals surface area contributed by atoms with Gasteiger partial charge in [0.2, 0.25) is 5.88 Å². The van der Waals surface area contributed by atoms with Gasteiger partial charge in [-0.15, -0.1) is 10.2 Å². The minimum atomic E-state index is 0.109. The molecule has 5 heteroatoms. The zero-order valence-electron chi connectivity index (χ0n) is 8.64. The largest absolute Gasteiger partial charge is 0.474 e. The first-order valence-corrected chi connectivity index (χ1v) is 4.76. The lowest BCUT2D eigenvalue weighted by atomic mass is 10.3. The Morgan fingerprint density at radius 2 is 2.07 bits per heavy atom. The fourth-order valence-electron chi connectivity index (χ4n) is 1.17. The number of nitrogens with zero attached hydrogens (tertiary/aromatic N) is 3. The molecule has 0 aliphatic heterocycles. The maximum absolute atomic E-state index is 5.39. The van der Waals surface area contributed by atoms with Gasteiger partial charge in [-0.25, -0.2) is 0 Å². The lowest BCUT2D eigenvalue weighted by Crippen LogP contribution is -2.07. The van der Waals surface area contributed by atoms with E-state index in [4.69, 9.17) is 4.74 Å². The smallest absolute Gasteiger partial charge is 0.233 e. The highest BCUT2D eigenvalue weighted by molar-refractivity contribution is 5.52. The van der Waals surface area contributed by atoms with Crippen molar-refractivity contribution in [3.63, 3.8) is 0 Å². The molecule has 0 fully saturated rings. The second kappa shape index (κ2) is 4.08. The maximum Gasteiger partial charge on any atom is 0.233 e. The van der Waals surface area contributed by atoms with E-state index in [-0.39, 0.29) is 6.10 Å². The highest BCUT2D eigenvalue weighted by atomic mass is 16.5. The van der Waals surface area contributed by atoms with E-state index >= 15 is 0 Å². The van der Waals surface area contributed by atoms with Crippen molar-refractivity contribution in [3.05, 3.63) is 24.4 Å². The molecule has 1 N–H and O–H groups in total. The zero-order chi connectivity index (χ0) is 10.7. The first-order chi connectivity index (χ1) is 7.25. The summed E-state index contributed by atoms with van der Waals surface area (Å²) >= 11 is 0.